The molecule has 0 bridgehead atoms. The number of ether oxygens (including phenoxy) is 1. The average Bonchev–Trinajstić information content (AvgIpc) is 2.34. The topological polar surface area (TPSA) is 77.2 Å². The first-order valence-electron chi connectivity index (χ1n) is 5.68. The standard InChI is InChI=1S/C12H19N3O2/c1-9(2)17-6-5-14-12(16)11-4-3-10(7-13)8-15-11/h3-4,8-9H,5-7,13H2,1-2H3,(H,14,16). The molecule has 0 unspecified atom stereocenters. The van der Waals surface area contributed by atoms with Crippen LogP contribution in [-0.2, 0) is 11.3 Å². The Morgan fingerprint density at radius 3 is 2.82 bits per heavy atom. The van der Waals surface area contributed by atoms with Gasteiger partial charge in [0.2, 0.25) is 0 Å². The highest BCUT2D eigenvalue weighted by molar-refractivity contribution is 5.92. The molecule has 0 aliphatic heterocycles. The summed E-state index contributed by atoms with van der Waals surface area (Å²) in [6.45, 7) is 5.32. The lowest BCUT2D eigenvalue weighted by Crippen LogP contribution is -2.28. The largest absolute Gasteiger partial charge is 0.377 e. The second-order valence-electron chi connectivity index (χ2n) is 3.93. The summed E-state index contributed by atoms with van der Waals surface area (Å²) in [7, 11) is 0. The molecule has 94 valence electrons. The molecule has 0 spiro atoms. The Balaban J connectivity index is 2.36. The van der Waals surface area contributed by atoms with Crippen molar-refractivity contribution in [3.05, 3.63) is 29.6 Å². The summed E-state index contributed by atoms with van der Waals surface area (Å²) in [6.07, 6.45) is 1.79. The smallest absolute Gasteiger partial charge is 0.269 e. The molecule has 1 aromatic heterocycles. The van der Waals surface area contributed by atoms with Crippen LogP contribution in [-0.4, -0.2) is 30.1 Å². The number of nitrogens with one attached hydrogen (secondary N) is 1. The van der Waals surface area contributed by atoms with E-state index in [1.807, 2.05) is 13.8 Å². The highest BCUT2D eigenvalue weighted by atomic mass is 16.5. The molecule has 5 nitrogen and oxygen atoms in total. The summed E-state index contributed by atoms with van der Waals surface area (Å²) in [5, 5.41) is 2.73. The van der Waals surface area contributed by atoms with Gasteiger partial charge < -0.3 is 15.8 Å². The molecule has 0 radical (unpaired) electrons. The number of hydrogen-bond acceptors (Lipinski definition) is 4. The minimum absolute atomic E-state index is 0.175. The molecular weight excluding hydrogens is 218 g/mol. The van der Waals surface area contributed by atoms with Crippen molar-refractivity contribution in [1.82, 2.24) is 10.3 Å². The van der Waals surface area contributed by atoms with Gasteiger partial charge in [0.05, 0.1) is 12.7 Å². The molecule has 1 heterocycles. The number of nitrogens with zero attached hydrogens (tertiary/aromatic N) is 1. The summed E-state index contributed by atoms with van der Waals surface area (Å²) in [5.41, 5.74) is 6.75. The maximum atomic E-state index is 11.6. The normalized spacial score (nSPS) is 10.6. The second kappa shape index (κ2) is 6.98. The maximum Gasteiger partial charge on any atom is 0.269 e. The van der Waals surface area contributed by atoms with E-state index in [1.54, 1.807) is 18.3 Å². The van der Waals surface area contributed by atoms with Crippen LogP contribution in [0.5, 0.6) is 0 Å². The Labute approximate surface area is 101 Å². The number of carbonyl (C=O) groups is 1. The van der Waals surface area contributed by atoms with E-state index in [0.29, 0.717) is 25.4 Å². The van der Waals surface area contributed by atoms with Gasteiger partial charge in [0.25, 0.3) is 5.91 Å². The van der Waals surface area contributed by atoms with Crippen molar-refractivity contribution in [2.24, 2.45) is 5.73 Å². The van der Waals surface area contributed by atoms with Crippen molar-refractivity contribution < 1.29 is 9.53 Å². The van der Waals surface area contributed by atoms with E-state index in [1.165, 1.54) is 0 Å². The van der Waals surface area contributed by atoms with Crippen LogP contribution >= 0.6 is 0 Å². The van der Waals surface area contributed by atoms with E-state index in [2.05, 4.69) is 10.3 Å². The molecule has 0 saturated heterocycles. The molecule has 0 saturated carbocycles. The van der Waals surface area contributed by atoms with Crippen molar-refractivity contribution in [3.63, 3.8) is 0 Å². The van der Waals surface area contributed by atoms with E-state index in [0.717, 1.165) is 5.56 Å². The van der Waals surface area contributed by atoms with E-state index in [9.17, 15) is 4.79 Å². The highest BCUT2D eigenvalue weighted by Gasteiger charge is 2.05. The number of carbonyl (C=O) groups excluding carboxylic acids is 1. The molecule has 1 rings (SSSR count). The van der Waals surface area contributed by atoms with Crippen molar-refractivity contribution in [3.8, 4) is 0 Å². The van der Waals surface area contributed by atoms with Crippen LogP contribution in [0.4, 0.5) is 0 Å². The Hall–Kier alpha value is -1.46. The zero-order chi connectivity index (χ0) is 12.7. The van der Waals surface area contributed by atoms with E-state index >= 15 is 0 Å². The number of pyridine rings is 1. The fraction of sp³-hybridized carbons (Fsp3) is 0.500. The molecule has 0 aliphatic rings. The molecule has 0 aromatic carbocycles. The average molecular weight is 237 g/mol. The highest BCUT2D eigenvalue weighted by Crippen LogP contribution is 1.99. The molecule has 5 heteroatoms. The van der Waals surface area contributed by atoms with Gasteiger partial charge in [-0.1, -0.05) is 6.07 Å². The quantitative estimate of drug-likeness (QED) is 0.714. The van der Waals surface area contributed by atoms with Crippen molar-refractivity contribution >= 4 is 5.91 Å². The Kier molecular flexibility index (Phi) is 5.59. The summed E-state index contributed by atoms with van der Waals surface area (Å²) in [5.74, 6) is -0.194. The van der Waals surface area contributed by atoms with Crippen LogP contribution in [0.3, 0.4) is 0 Å². The van der Waals surface area contributed by atoms with Gasteiger partial charge in [-0.3, -0.25) is 9.78 Å². The fourth-order valence-corrected chi connectivity index (χ4v) is 1.23. The van der Waals surface area contributed by atoms with Gasteiger partial charge in [0.1, 0.15) is 5.69 Å². The van der Waals surface area contributed by atoms with Gasteiger partial charge in [-0.25, -0.2) is 0 Å². The Bertz CT molecular complexity index is 349. The third kappa shape index (κ3) is 4.93. The van der Waals surface area contributed by atoms with E-state index in [-0.39, 0.29) is 12.0 Å². The van der Waals surface area contributed by atoms with Crippen LogP contribution in [0, 0.1) is 0 Å². The summed E-state index contributed by atoms with van der Waals surface area (Å²) in [6, 6.07) is 3.47. The third-order valence-corrected chi connectivity index (χ3v) is 2.13. The minimum atomic E-state index is -0.194. The van der Waals surface area contributed by atoms with Gasteiger partial charge in [-0.15, -0.1) is 0 Å². The van der Waals surface area contributed by atoms with Gasteiger partial charge >= 0.3 is 0 Å². The lowest BCUT2D eigenvalue weighted by Gasteiger charge is -2.08. The Morgan fingerprint density at radius 2 is 2.29 bits per heavy atom. The van der Waals surface area contributed by atoms with Crippen LogP contribution in [0.15, 0.2) is 18.3 Å². The van der Waals surface area contributed by atoms with Gasteiger partial charge in [-0.05, 0) is 25.5 Å². The zero-order valence-corrected chi connectivity index (χ0v) is 10.3. The minimum Gasteiger partial charge on any atom is -0.377 e. The molecule has 3 N–H and O–H groups in total. The SMILES string of the molecule is CC(C)OCCNC(=O)c1ccc(CN)cn1. The van der Waals surface area contributed by atoms with Crippen LogP contribution < -0.4 is 11.1 Å². The molecule has 1 amide bonds. The summed E-state index contributed by atoms with van der Waals surface area (Å²) in [4.78, 5) is 15.7. The van der Waals surface area contributed by atoms with Crippen LogP contribution in [0.2, 0.25) is 0 Å². The number of rotatable bonds is 6. The van der Waals surface area contributed by atoms with Crippen LogP contribution in [0.1, 0.15) is 29.9 Å². The molecule has 17 heavy (non-hydrogen) atoms. The Morgan fingerprint density at radius 1 is 1.53 bits per heavy atom. The molecular formula is C12H19N3O2. The lowest BCUT2D eigenvalue weighted by atomic mass is 10.2. The third-order valence-electron chi connectivity index (χ3n) is 2.13. The van der Waals surface area contributed by atoms with Crippen LogP contribution in [0.25, 0.3) is 0 Å². The molecule has 0 atom stereocenters. The van der Waals surface area contributed by atoms with E-state index in [4.69, 9.17) is 10.5 Å². The number of amides is 1. The van der Waals surface area contributed by atoms with Gasteiger partial charge in [0.15, 0.2) is 0 Å². The first kappa shape index (κ1) is 13.6. The predicted octanol–water partition coefficient (Wildman–Crippen LogP) is 0.695. The molecule has 1 aromatic rings. The lowest BCUT2D eigenvalue weighted by molar-refractivity contribution is 0.0745. The van der Waals surface area contributed by atoms with Gasteiger partial charge in [0, 0.05) is 19.3 Å². The molecule has 0 fully saturated rings. The number of aromatic nitrogens is 1. The van der Waals surface area contributed by atoms with Crippen molar-refractivity contribution in [1.29, 1.82) is 0 Å². The summed E-state index contributed by atoms with van der Waals surface area (Å²) >= 11 is 0. The van der Waals surface area contributed by atoms with E-state index < -0.39 is 0 Å². The fourth-order valence-electron chi connectivity index (χ4n) is 1.23. The van der Waals surface area contributed by atoms with Crippen molar-refractivity contribution in [2.45, 2.75) is 26.5 Å². The number of nitrogens with two attached hydrogens (primary N) is 1. The zero-order valence-electron chi connectivity index (χ0n) is 10.3. The first-order chi connectivity index (χ1) is 8.13. The second-order valence-corrected chi connectivity index (χ2v) is 3.93. The monoisotopic (exact) mass is 237 g/mol. The number of hydrogen-bond donors (Lipinski definition) is 2. The van der Waals surface area contributed by atoms with Crippen molar-refractivity contribution in [2.75, 3.05) is 13.2 Å². The first-order valence-corrected chi connectivity index (χ1v) is 5.68. The predicted molar refractivity (Wildman–Crippen MR) is 65.5 cm³/mol. The maximum absolute atomic E-state index is 11.6. The molecule has 0 aliphatic carbocycles. The van der Waals surface area contributed by atoms with Gasteiger partial charge in [-0.2, -0.15) is 0 Å². The summed E-state index contributed by atoms with van der Waals surface area (Å²) < 4.78 is 5.31.